The van der Waals surface area contributed by atoms with Gasteiger partial charge in [-0.05, 0) is 50.5 Å². The number of benzene rings is 2. The molecule has 2 aromatic carbocycles. The molecule has 0 aliphatic rings. The van der Waals surface area contributed by atoms with Crippen LogP contribution in [0.4, 0.5) is 0 Å². The molecule has 0 amide bonds. The number of nitrogens with zero attached hydrogens (tertiary/aromatic N) is 3. The highest BCUT2D eigenvalue weighted by atomic mass is 16.5. The Kier molecular flexibility index (Phi) is 3.68. The van der Waals surface area contributed by atoms with Crippen molar-refractivity contribution in [2.75, 3.05) is 0 Å². The second-order valence-corrected chi connectivity index (χ2v) is 6.41. The van der Waals surface area contributed by atoms with Gasteiger partial charge in [0.05, 0.1) is 0 Å². The van der Waals surface area contributed by atoms with E-state index in [1.807, 2.05) is 39.0 Å². The van der Waals surface area contributed by atoms with Gasteiger partial charge in [-0.15, -0.1) is 0 Å². The average molecular weight is 347 g/mol. The Labute approximate surface area is 149 Å². The molecule has 0 saturated heterocycles. The highest BCUT2D eigenvalue weighted by molar-refractivity contribution is 5.96. The minimum atomic E-state index is 0.0278. The van der Waals surface area contributed by atoms with E-state index in [1.54, 1.807) is 19.1 Å². The summed E-state index contributed by atoms with van der Waals surface area (Å²) < 4.78 is 11.2. The number of fused-ring (bicyclic) bond motifs is 1. The van der Waals surface area contributed by atoms with E-state index < -0.39 is 0 Å². The maximum absolute atomic E-state index is 11.6. The molecule has 130 valence electrons. The predicted molar refractivity (Wildman–Crippen MR) is 97.0 cm³/mol. The van der Waals surface area contributed by atoms with E-state index in [4.69, 9.17) is 8.94 Å². The minimum absolute atomic E-state index is 0.0278. The summed E-state index contributed by atoms with van der Waals surface area (Å²) in [5, 5.41) is 4.02. The summed E-state index contributed by atoms with van der Waals surface area (Å²) in [6.07, 6.45) is 0. The first-order chi connectivity index (χ1) is 12.4. The van der Waals surface area contributed by atoms with Crippen LogP contribution in [0.5, 0.6) is 0 Å². The van der Waals surface area contributed by atoms with Crippen LogP contribution < -0.4 is 0 Å². The van der Waals surface area contributed by atoms with Gasteiger partial charge in [0, 0.05) is 11.1 Å². The third-order valence-electron chi connectivity index (χ3n) is 4.42. The zero-order valence-electron chi connectivity index (χ0n) is 15.0. The zero-order valence-corrected chi connectivity index (χ0v) is 15.0. The Morgan fingerprint density at radius 2 is 1.69 bits per heavy atom. The summed E-state index contributed by atoms with van der Waals surface area (Å²) in [4.78, 5) is 20.5. The first-order valence-electron chi connectivity index (χ1n) is 8.27. The van der Waals surface area contributed by atoms with E-state index in [9.17, 15) is 4.79 Å². The van der Waals surface area contributed by atoms with E-state index >= 15 is 0 Å². The van der Waals surface area contributed by atoms with Crippen molar-refractivity contribution in [3.63, 3.8) is 0 Å². The lowest BCUT2D eigenvalue weighted by Crippen LogP contribution is -1.96. The fourth-order valence-corrected chi connectivity index (χ4v) is 2.98. The molecule has 2 aromatic heterocycles. The first kappa shape index (κ1) is 16.2. The molecule has 2 heterocycles. The van der Waals surface area contributed by atoms with Gasteiger partial charge in [-0.1, -0.05) is 29.4 Å². The number of oxazole rings is 1. The topological polar surface area (TPSA) is 82.0 Å². The molecule has 0 aliphatic heterocycles. The molecule has 0 fully saturated rings. The molecule has 0 atom stereocenters. The third-order valence-corrected chi connectivity index (χ3v) is 4.42. The van der Waals surface area contributed by atoms with Crippen molar-refractivity contribution in [2.45, 2.75) is 27.7 Å². The maximum Gasteiger partial charge on any atom is 0.314 e. The van der Waals surface area contributed by atoms with Crippen LogP contribution >= 0.6 is 0 Å². The molecular weight excluding hydrogens is 330 g/mol. The van der Waals surface area contributed by atoms with Gasteiger partial charge >= 0.3 is 5.89 Å². The second-order valence-electron chi connectivity index (χ2n) is 6.41. The Hall–Kier alpha value is -3.28. The number of aromatic nitrogens is 3. The summed E-state index contributed by atoms with van der Waals surface area (Å²) in [5.74, 6) is 0.977. The Balaban J connectivity index is 1.75. The summed E-state index contributed by atoms with van der Waals surface area (Å²) in [7, 11) is 0. The number of aryl methyl sites for hydroxylation is 3. The van der Waals surface area contributed by atoms with E-state index in [1.165, 1.54) is 0 Å². The molecule has 0 radical (unpaired) electrons. The van der Waals surface area contributed by atoms with E-state index in [2.05, 4.69) is 15.1 Å². The second kappa shape index (κ2) is 5.91. The lowest BCUT2D eigenvalue weighted by atomic mass is 10.0. The fourth-order valence-electron chi connectivity index (χ4n) is 2.98. The lowest BCUT2D eigenvalue weighted by Gasteiger charge is -2.02. The monoisotopic (exact) mass is 347 g/mol. The highest BCUT2D eigenvalue weighted by Crippen LogP contribution is 2.29. The standard InChI is InChI=1S/C20H17N3O3/c1-10-5-6-11(2)17-16(10)21-19(25-17)20-22-18(23-26-20)14-7-8-15(13(4)24)12(3)9-14/h5-9H,1-4H3. The predicted octanol–water partition coefficient (Wildman–Crippen LogP) is 4.67. The van der Waals surface area contributed by atoms with Gasteiger partial charge in [-0.2, -0.15) is 4.98 Å². The van der Waals surface area contributed by atoms with Crippen LogP contribution in [0.15, 0.2) is 39.3 Å². The molecule has 4 rings (SSSR count). The van der Waals surface area contributed by atoms with Crippen LogP contribution in [-0.2, 0) is 0 Å². The molecule has 0 aliphatic carbocycles. The van der Waals surface area contributed by atoms with Crippen molar-refractivity contribution in [2.24, 2.45) is 0 Å². The molecule has 0 bridgehead atoms. The van der Waals surface area contributed by atoms with E-state index in [-0.39, 0.29) is 11.7 Å². The largest absolute Gasteiger partial charge is 0.432 e. The molecule has 0 saturated carbocycles. The summed E-state index contributed by atoms with van der Waals surface area (Å²) in [5.41, 5.74) is 5.86. The molecule has 26 heavy (non-hydrogen) atoms. The molecule has 0 N–H and O–H groups in total. The number of ketones is 1. The van der Waals surface area contributed by atoms with Crippen LogP contribution in [0.25, 0.3) is 34.3 Å². The maximum atomic E-state index is 11.6. The normalized spacial score (nSPS) is 11.2. The first-order valence-corrected chi connectivity index (χ1v) is 8.27. The zero-order chi connectivity index (χ0) is 18.4. The van der Waals surface area contributed by atoms with Crippen LogP contribution in [0, 0.1) is 20.8 Å². The number of carbonyl (C=O) groups excluding carboxylic acids is 1. The van der Waals surface area contributed by atoms with Crippen LogP contribution in [0.3, 0.4) is 0 Å². The fraction of sp³-hybridized carbons (Fsp3) is 0.200. The summed E-state index contributed by atoms with van der Waals surface area (Å²) >= 11 is 0. The lowest BCUT2D eigenvalue weighted by molar-refractivity contribution is 0.101. The van der Waals surface area contributed by atoms with E-state index in [0.29, 0.717) is 17.3 Å². The van der Waals surface area contributed by atoms with Gasteiger partial charge < -0.3 is 8.94 Å². The van der Waals surface area contributed by atoms with Crippen LogP contribution in [0.2, 0.25) is 0 Å². The molecule has 0 spiro atoms. The molecular formula is C20H17N3O3. The van der Waals surface area contributed by atoms with Crippen molar-refractivity contribution in [1.82, 2.24) is 15.1 Å². The summed E-state index contributed by atoms with van der Waals surface area (Å²) in [6, 6.07) is 9.44. The van der Waals surface area contributed by atoms with Crippen molar-refractivity contribution >= 4 is 16.9 Å². The van der Waals surface area contributed by atoms with Crippen LogP contribution in [-0.4, -0.2) is 20.9 Å². The van der Waals surface area contributed by atoms with Crippen LogP contribution in [0.1, 0.15) is 34.0 Å². The van der Waals surface area contributed by atoms with Crippen molar-refractivity contribution in [1.29, 1.82) is 0 Å². The minimum Gasteiger partial charge on any atom is -0.432 e. The van der Waals surface area contributed by atoms with Gasteiger partial charge in [-0.3, -0.25) is 4.79 Å². The van der Waals surface area contributed by atoms with Gasteiger partial charge in [-0.25, -0.2) is 4.98 Å². The van der Waals surface area contributed by atoms with Crippen molar-refractivity contribution in [3.8, 4) is 23.2 Å². The molecule has 4 aromatic rings. The number of carbonyl (C=O) groups is 1. The Bertz CT molecular complexity index is 1120. The quantitative estimate of drug-likeness (QED) is 0.501. The molecule has 6 nitrogen and oxygen atoms in total. The third kappa shape index (κ3) is 2.60. The van der Waals surface area contributed by atoms with Crippen molar-refractivity contribution < 1.29 is 13.7 Å². The Morgan fingerprint density at radius 1 is 0.923 bits per heavy atom. The molecule has 6 heteroatoms. The van der Waals surface area contributed by atoms with Crippen molar-refractivity contribution in [3.05, 3.63) is 52.6 Å². The number of rotatable bonds is 3. The van der Waals surface area contributed by atoms with Gasteiger partial charge in [0.25, 0.3) is 5.89 Å². The van der Waals surface area contributed by atoms with Gasteiger partial charge in [0.2, 0.25) is 5.82 Å². The van der Waals surface area contributed by atoms with Gasteiger partial charge in [0.1, 0.15) is 5.52 Å². The van der Waals surface area contributed by atoms with Gasteiger partial charge in [0.15, 0.2) is 11.4 Å². The molecule has 0 unspecified atom stereocenters. The summed E-state index contributed by atoms with van der Waals surface area (Å²) in [6.45, 7) is 7.38. The highest BCUT2D eigenvalue weighted by Gasteiger charge is 2.19. The smallest absolute Gasteiger partial charge is 0.314 e. The number of hydrogen-bond donors (Lipinski definition) is 0. The average Bonchev–Trinajstić information content (AvgIpc) is 3.25. The number of Topliss-reactive ketones (excluding diaryl/α,β-unsaturated/α-hetero) is 1. The SMILES string of the molecule is CC(=O)c1ccc(-c2noc(-c3nc4c(C)ccc(C)c4o3)n2)cc1C. The number of hydrogen-bond acceptors (Lipinski definition) is 6. The Morgan fingerprint density at radius 3 is 2.38 bits per heavy atom. The van der Waals surface area contributed by atoms with E-state index in [0.717, 1.165) is 33.4 Å².